The number of nitrogens with zero attached hydrogens (tertiary/aromatic N) is 3. The molecular formula is C10H19Cl3N4. The van der Waals surface area contributed by atoms with E-state index < -0.39 is 0 Å². The molecule has 0 unspecified atom stereocenters. The highest BCUT2D eigenvalue weighted by atomic mass is 35.5. The van der Waals surface area contributed by atoms with E-state index in [1.165, 1.54) is 0 Å². The number of aromatic nitrogens is 1. The summed E-state index contributed by atoms with van der Waals surface area (Å²) in [6, 6.07) is 3.89. The van der Waals surface area contributed by atoms with Gasteiger partial charge in [0, 0.05) is 26.2 Å². The molecule has 0 saturated carbocycles. The van der Waals surface area contributed by atoms with Crippen LogP contribution in [0.15, 0.2) is 18.3 Å². The van der Waals surface area contributed by atoms with E-state index in [0.717, 1.165) is 37.7 Å². The highest BCUT2D eigenvalue weighted by Gasteiger charge is 2.14. The molecule has 0 radical (unpaired) electrons. The van der Waals surface area contributed by atoms with Crippen LogP contribution in [-0.4, -0.2) is 43.1 Å². The first-order chi connectivity index (χ1) is 6.75. The zero-order valence-corrected chi connectivity index (χ0v) is 12.2. The average molecular weight is 302 g/mol. The Balaban J connectivity index is 0. The summed E-state index contributed by atoms with van der Waals surface area (Å²) < 4.78 is 0. The van der Waals surface area contributed by atoms with Crippen LogP contribution >= 0.6 is 37.2 Å². The summed E-state index contributed by atoms with van der Waals surface area (Å²) in [5.74, 6) is 1.03. The minimum absolute atomic E-state index is 0. The quantitative estimate of drug-likeness (QED) is 0.857. The molecule has 0 atom stereocenters. The number of hydrogen-bond donors (Lipinski definition) is 1. The fourth-order valence-electron chi connectivity index (χ4n) is 1.62. The van der Waals surface area contributed by atoms with Crippen LogP contribution in [0.1, 0.15) is 0 Å². The first kappa shape index (κ1) is 18.9. The van der Waals surface area contributed by atoms with Gasteiger partial charge in [-0.25, -0.2) is 4.98 Å². The number of halogens is 3. The van der Waals surface area contributed by atoms with Crippen LogP contribution in [-0.2, 0) is 0 Å². The van der Waals surface area contributed by atoms with Gasteiger partial charge in [-0.1, -0.05) is 0 Å². The van der Waals surface area contributed by atoms with Crippen LogP contribution in [0.4, 0.5) is 11.5 Å². The Bertz CT molecular complexity index is 299. The Labute approximate surface area is 121 Å². The molecule has 17 heavy (non-hydrogen) atoms. The second-order valence-corrected chi connectivity index (χ2v) is 3.74. The minimum Gasteiger partial charge on any atom is -0.397 e. The van der Waals surface area contributed by atoms with Crippen molar-refractivity contribution in [1.29, 1.82) is 0 Å². The fourth-order valence-corrected chi connectivity index (χ4v) is 1.62. The van der Waals surface area contributed by atoms with Crippen molar-refractivity contribution in [3.8, 4) is 0 Å². The molecule has 1 saturated heterocycles. The zero-order valence-electron chi connectivity index (χ0n) is 9.70. The minimum atomic E-state index is 0. The number of pyridine rings is 1. The summed E-state index contributed by atoms with van der Waals surface area (Å²) in [6.07, 6.45) is 1.72. The van der Waals surface area contributed by atoms with Gasteiger partial charge in [0.05, 0.1) is 11.9 Å². The second kappa shape index (κ2) is 8.64. The van der Waals surface area contributed by atoms with E-state index in [-0.39, 0.29) is 37.2 Å². The van der Waals surface area contributed by atoms with Crippen LogP contribution in [0.3, 0.4) is 0 Å². The van der Waals surface area contributed by atoms with Gasteiger partial charge in [0.1, 0.15) is 5.82 Å². The summed E-state index contributed by atoms with van der Waals surface area (Å²) in [5, 5.41) is 0. The molecule has 0 amide bonds. The topological polar surface area (TPSA) is 45.4 Å². The lowest BCUT2D eigenvalue weighted by Gasteiger charge is -2.33. The first-order valence-corrected chi connectivity index (χ1v) is 4.91. The molecule has 0 bridgehead atoms. The lowest BCUT2D eigenvalue weighted by molar-refractivity contribution is 0.312. The number of piperazine rings is 1. The van der Waals surface area contributed by atoms with Crippen molar-refractivity contribution < 1.29 is 0 Å². The number of nitrogen functional groups attached to an aromatic ring is 1. The van der Waals surface area contributed by atoms with Crippen LogP contribution < -0.4 is 10.6 Å². The Hall–Kier alpha value is -0.420. The van der Waals surface area contributed by atoms with Gasteiger partial charge in [0.2, 0.25) is 0 Å². The van der Waals surface area contributed by atoms with Crippen LogP contribution in [0.2, 0.25) is 0 Å². The van der Waals surface area contributed by atoms with Gasteiger partial charge in [-0.3, -0.25) is 0 Å². The maximum atomic E-state index is 5.59. The first-order valence-electron chi connectivity index (χ1n) is 4.91. The number of anilines is 2. The van der Waals surface area contributed by atoms with Gasteiger partial charge < -0.3 is 15.5 Å². The number of likely N-dealkylation sites (N-methyl/N-ethyl adjacent to an activating group) is 1. The Morgan fingerprint density at radius 2 is 1.65 bits per heavy atom. The molecule has 7 heteroatoms. The van der Waals surface area contributed by atoms with Crippen molar-refractivity contribution in [2.75, 3.05) is 43.9 Å². The maximum Gasteiger partial charge on any atom is 0.128 e. The molecule has 1 aliphatic rings. The second-order valence-electron chi connectivity index (χ2n) is 3.74. The summed E-state index contributed by atoms with van der Waals surface area (Å²) in [6.45, 7) is 4.30. The molecule has 0 aromatic carbocycles. The number of rotatable bonds is 1. The lowest BCUT2D eigenvalue weighted by atomic mass is 10.3. The molecule has 4 nitrogen and oxygen atoms in total. The maximum absolute atomic E-state index is 5.59. The van der Waals surface area contributed by atoms with E-state index >= 15 is 0 Å². The predicted molar refractivity (Wildman–Crippen MR) is 80.1 cm³/mol. The van der Waals surface area contributed by atoms with Gasteiger partial charge in [0.25, 0.3) is 0 Å². The van der Waals surface area contributed by atoms with Crippen molar-refractivity contribution in [3.05, 3.63) is 18.3 Å². The van der Waals surface area contributed by atoms with Gasteiger partial charge in [-0.05, 0) is 19.2 Å². The summed E-state index contributed by atoms with van der Waals surface area (Å²) >= 11 is 0. The summed E-state index contributed by atoms with van der Waals surface area (Å²) in [5.41, 5.74) is 6.31. The highest BCUT2D eigenvalue weighted by Crippen LogP contribution is 2.13. The fraction of sp³-hybridized carbons (Fsp3) is 0.500. The van der Waals surface area contributed by atoms with Gasteiger partial charge in [0.15, 0.2) is 0 Å². The predicted octanol–water partition coefficient (Wildman–Crippen LogP) is 1.68. The number of hydrogen-bond acceptors (Lipinski definition) is 4. The van der Waals surface area contributed by atoms with Crippen LogP contribution in [0.5, 0.6) is 0 Å². The van der Waals surface area contributed by atoms with Crippen molar-refractivity contribution in [2.45, 2.75) is 0 Å². The standard InChI is InChI=1S/C10H16N4.3ClH/c1-13-4-6-14(7-5-13)10-3-2-9(11)8-12-10;;;/h2-3,8H,4-7,11H2,1H3;3*1H. The van der Waals surface area contributed by atoms with E-state index in [1.54, 1.807) is 6.20 Å². The third-order valence-corrected chi connectivity index (χ3v) is 2.60. The van der Waals surface area contributed by atoms with Crippen molar-refractivity contribution in [3.63, 3.8) is 0 Å². The van der Waals surface area contributed by atoms with Crippen molar-refractivity contribution in [2.24, 2.45) is 0 Å². The molecule has 100 valence electrons. The van der Waals surface area contributed by atoms with Gasteiger partial charge in [-0.2, -0.15) is 0 Å². The molecule has 1 aromatic heterocycles. The van der Waals surface area contributed by atoms with Crippen molar-refractivity contribution >= 4 is 48.7 Å². The van der Waals surface area contributed by atoms with E-state index in [0.29, 0.717) is 0 Å². The molecule has 1 aliphatic heterocycles. The zero-order chi connectivity index (χ0) is 9.97. The SMILES string of the molecule is CN1CCN(c2ccc(N)cn2)CC1.Cl.Cl.Cl. The van der Waals surface area contributed by atoms with E-state index in [9.17, 15) is 0 Å². The molecule has 2 N–H and O–H groups in total. The Morgan fingerprint density at radius 3 is 2.12 bits per heavy atom. The molecule has 1 fully saturated rings. The molecular weight excluding hydrogens is 282 g/mol. The summed E-state index contributed by atoms with van der Waals surface area (Å²) in [4.78, 5) is 8.93. The largest absolute Gasteiger partial charge is 0.397 e. The smallest absolute Gasteiger partial charge is 0.128 e. The lowest BCUT2D eigenvalue weighted by Crippen LogP contribution is -2.44. The van der Waals surface area contributed by atoms with Crippen molar-refractivity contribution in [1.82, 2.24) is 9.88 Å². The molecule has 2 rings (SSSR count). The monoisotopic (exact) mass is 300 g/mol. The van der Waals surface area contributed by atoms with Crippen LogP contribution in [0.25, 0.3) is 0 Å². The third kappa shape index (κ3) is 5.17. The molecule has 1 aromatic rings. The van der Waals surface area contributed by atoms with E-state index in [1.807, 2.05) is 12.1 Å². The molecule has 0 aliphatic carbocycles. The van der Waals surface area contributed by atoms with Gasteiger partial charge in [-0.15, -0.1) is 37.2 Å². The normalized spacial score (nSPS) is 15.2. The highest BCUT2D eigenvalue weighted by molar-refractivity contribution is 5.86. The third-order valence-electron chi connectivity index (χ3n) is 2.60. The Morgan fingerprint density at radius 1 is 1.06 bits per heavy atom. The average Bonchev–Trinajstić information content (AvgIpc) is 2.21. The number of nitrogens with two attached hydrogens (primary N) is 1. The van der Waals surface area contributed by atoms with E-state index in [2.05, 4.69) is 21.8 Å². The summed E-state index contributed by atoms with van der Waals surface area (Å²) in [7, 11) is 2.15. The Kier molecular flexibility index (Phi) is 9.62. The van der Waals surface area contributed by atoms with Crippen LogP contribution in [0, 0.1) is 0 Å². The van der Waals surface area contributed by atoms with E-state index in [4.69, 9.17) is 5.73 Å². The van der Waals surface area contributed by atoms with Gasteiger partial charge >= 0.3 is 0 Å². The molecule has 2 heterocycles. The molecule has 0 spiro atoms.